The van der Waals surface area contributed by atoms with Gasteiger partial charge >= 0.3 is 11.9 Å². The largest absolute Gasteiger partial charge is 0.481 e. The molecular formula is C14H22O4. The Balaban J connectivity index is 2.48. The van der Waals surface area contributed by atoms with Crippen LogP contribution in [0.2, 0.25) is 0 Å². The molecule has 1 saturated carbocycles. The minimum absolute atomic E-state index is 0.199. The molecule has 0 saturated heterocycles. The van der Waals surface area contributed by atoms with Crippen LogP contribution in [0.5, 0.6) is 0 Å². The zero-order valence-electron chi connectivity index (χ0n) is 11.1. The molecule has 4 heteroatoms. The van der Waals surface area contributed by atoms with Crippen molar-refractivity contribution in [1.82, 2.24) is 0 Å². The molecule has 0 spiro atoms. The van der Waals surface area contributed by atoms with E-state index in [0.717, 1.165) is 25.7 Å². The Morgan fingerprint density at radius 3 is 2.39 bits per heavy atom. The van der Waals surface area contributed by atoms with Crippen LogP contribution in [0.3, 0.4) is 0 Å². The van der Waals surface area contributed by atoms with Crippen LogP contribution in [-0.2, 0) is 9.59 Å². The van der Waals surface area contributed by atoms with Crippen molar-refractivity contribution >= 4 is 11.9 Å². The Morgan fingerprint density at radius 2 is 1.94 bits per heavy atom. The van der Waals surface area contributed by atoms with E-state index in [1.807, 2.05) is 13.0 Å². The second kappa shape index (κ2) is 6.57. The molecule has 1 rings (SSSR count). The lowest BCUT2D eigenvalue weighted by atomic mass is 9.68. The highest BCUT2D eigenvalue weighted by Crippen LogP contribution is 2.40. The standard InChI is InChI=1S/C14H22O4/c1-3-4-5-11(14(17)18)6-10-7-12(8-10)9(2)13(15)16/h6,9-10,12H,3-5,7-8H2,1-2H3,(H,15,16)(H,17,18). The maximum absolute atomic E-state index is 11.0. The van der Waals surface area contributed by atoms with Gasteiger partial charge in [0.2, 0.25) is 0 Å². The molecule has 0 aliphatic heterocycles. The lowest BCUT2D eigenvalue weighted by Crippen LogP contribution is -2.32. The molecule has 4 nitrogen and oxygen atoms in total. The predicted molar refractivity (Wildman–Crippen MR) is 68.3 cm³/mol. The minimum Gasteiger partial charge on any atom is -0.481 e. The van der Waals surface area contributed by atoms with Gasteiger partial charge in [-0.1, -0.05) is 26.3 Å². The third kappa shape index (κ3) is 3.86. The van der Waals surface area contributed by atoms with Crippen molar-refractivity contribution in [2.45, 2.75) is 46.0 Å². The van der Waals surface area contributed by atoms with Crippen molar-refractivity contribution in [3.63, 3.8) is 0 Å². The van der Waals surface area contributed by atoms with Gasteiger partial charge in [0.05, 0.1) is 5.92 Å². The molecule has 0 radical (unpaired) electrons. The Kier molecular flexibility index (Phi) is 5.38. The zero-order valence-corrected chi connectivity index (χ0v) is 11.1. The highest BCUT2D eigenvalue weighted by Gasteiger charge is 2.35. The minimum atomic E-state index is -0.835. The van der Waals surface area contributed by atoms with E-state index in [9.17, 15) is 9.59 Å². The van der Waals surface area contributed by atoms with Crippen LogP contribution in [0.1, 0.15) is 46.0 Å². The monoisotopic (exact) mass is 254 g/mol. The molecule has 18 heavy (non-hydrogen) atoms. The van der Waals surface area contributed by atoms with Gasteiger partial charge in [0.25, 0.3) is 0 Å². The number of aliphatic carboxylic acids is 2. The third-order valence-corrected chi connectivity index (χ3v) is 3.82. The van der Waals surface area contributed by atoms with Crippen LogP contribution in [0.25, 0.3) is 0 Å². The fourth-order valence-corrected chi connectivity index (χ4v) is 2.37. The topological polar surface area (TPSA) is 74.6 Å². The van der Waals surface area contributed by atoms with E-state index in [2.05, 4.69) is 0 Å². The van der Waals surface area contributed by atoms with Gasteiger partial charge in [0.15, 0.2) is 0 Å². The van der Waals surface area contributed by atoms with Crippen LogP contribution in [0, 0.1) is 17.8 Å². The summed E-state index contributed by atoms with van der Waals surface area (Å²) in [7, 11) is 0. The summed E-state index contributed by atoms with van der Waals surface area (Å²) < 4.78 is 0. The quantitative estimate of drug-likeness (QED) is 0.685. The molecule has 1 atom stereocenters. The Morgan fingerprint density at radius 1 is 1.33 bits per heavy atom. The van der Waals surface area contributed by atoms with Crippen molar-refractivity contribution < 1.29 is 19.8 Å². The molecule has 102 valence electrons. The summed E-state index contributed by atoms with van der Waals surface area (Å²) in [4.78, 5) is 21.8. The number of carboxylic acids is 2. The molecule has 0 aromatic carbocycles. The van der Waals surface area contributed by atoms with Gasteiger partial charge in [-0.25, -0.2) is 4.79 Å². The number of unbranched alkanes of at least 4 members (excludes halogenated alkanes) is 1. The highest BCUT2D eigenvalue weighted by atomic mass is 16.4. The lowest BCUT2D eigenvalue weighted by molar-refractivity contribution is -0.144. The van der Waals surface area contributed by atoms with Crippen molar-refractivity contribution in [2.75, 3.05) is 0 Å². The first-order chi connectivity index (χ1) is 8.45. The van der Waals surface area contributed by atoms with Crippen molar-refractivity contribution in [2.24, 2.45) is 17.8 Å². The second-order valence-corrected chi connectivity index (χ2v) is 5.22. The van der Waals surface area contributed by atoms with E-state index in [1.165, 1.54) is 0 Å². The fourth-order valence-electron chi connectivity index (χ4n) is 2.37. The lowest BCUT2D eigenvalue weighted by Gasteiger charge is -2.36. The zero-order chi connectivity index (χ0) is 13.7. The molecule has 1 fully saturated rings. The van der Waals surface area contributed by atoms with E-state index in [-0.39, 0.29) is 17.8 Å². The normalized spacial score (nSPS) is 25.3. The van der Waals surface area contributed by atoms with Crippen molar-refractivity contribution in [3.8, 4) is 0 Å². The summed E-state index contributed by atoms with van der Waals surface area (Å²) >= 11 is 0. The smallest absolute Gasteiger partial charge is 0.331 e. The third-order valence-electron chi connectivity index (χ3n) is 3.82. The summed E-state index contributed by atoms with van der Waals surface area (Å²) in [6.45, 7) is 3.76. The molecular weight excluding hydrogens is 232 g/mol. The second-order valence-electron chi connectivity index (χ2n) is 5.22. The Labute approximate surface area is 108 Å². The van der Waals surface area contributed by atoms with Gasteiger partial charge < -0.3 is 10.2 Å². The van der Waals surface area contributed by atoms with Gasteiger partial charge in [0.1, 0.15) is 0 Å². The summed E-state index contributed by atoms with van der Waals surface area (Å²) in [6.07, 6.45) is 5.92. The van der Waals surface area contributed by atoms with Gasteiger partial charge in [0, 0.05) is 5.57 Å². The summed E-state index contributed by atoms with van der Waals surface area (Å²) in [5, 5.41) is 17.9. The van der Waals surface area contributed by atoms with E-state index >= 15 is 0 Å². The number of rotatable bonds is 7. The predicted octanol–water partition coefficient (Wildman–Crippen LogP) is 2.93. The Hall–Kier alpha value is -1.32. The molecule has 0 heterocycles. The average molecular weight is 254 g/mol. The maximum atomic E-state index is 11.0. The van der Waals surface area contributed by atoms with Gasteiger partial charge in [-0.05, 0) is 37.5 Å². The maximum Gasteiger partial charge on any atom is 0.331 e. The van der Waals surface area contributed by atoms with Crippen LogP contribution in [0.4, 0.5) is 0 Å². The van der Waals surface area contributed by atoms with E-state index in [1.54, 1.807) is 6.92 Å². The molecule has 0 aromatic heterocycles. The number of hydrogen-bond acceptors (Lipinski definition) is 2. The molecule has 2 N–H and O–H groups in total. The summed E-state index contributed by atoms with van der Waals surface area (Å²) in [5.41, 5.74) is 0.489. The molecule has 1 aliphatic rings. The molecule has 0 amide bonds. The van der Waals surface area contributed by atoms with Crippen LogP contribution in [-0.4, -0.2) is 22.2 Å². The SMILES string of the molecule is CCCCC(=CC1CC(C(C)C(=O)O)C1)C(=O)O. The average Bonchev–Trinajstić information content (AvgIpc) is 2.25. The first kappa shape index (κ1) is 14.7. The fraction of sp³-hybridized carbons (Fsp3) is 0.714. The highest BCUT2D eigenvalue weighted by molar-refractivity contribution is 5.86. The number of carboxylic acid groups (broad SMARTS) is 2. The first-order valence-electron chi connectivity index (χ1n) is 6.62. The van der Waals surface area contributed by atoms with E-state index < -0.39 is 11.9 Å². The number of hydrogen-bond donors (Lipinski definition) is 2. The van der Waals surface area contributed by atoms with Gasteiger partial charge in [-0.3, -0.25) is 4.79 Å². The van der Waals surface area contributed by atoms with Gasteiger partial charge in [-0.2, -0.15) is 0 Å². The molecule has 1 unspecified atom stereocenters. The van der Waals surface area contributed by atoms with Crippen LogP contribution in [0.15, 0.2) is 11.6 Å². The first-order valence-corrected chi connectivity index (χ1v) is 6.62. The van der Waals surface area contributed by atoms with Crippen LogP contribution >= 0.6 is 0 Å². The molecule has 0 bridgehead atoms. The van der Waals surface area contributed by atoms with Crippen molar-refractivity contribution in [1.29, 1.82) is 0 Å². The van der Waals surface area contributed by atoms with Crippen molar-refractivity contribution in [3.05, 3.63) is 11.6 Å². The van der Waals surface area contributed by atoms with Crippen LogP contribution < -0.4 is 0 Å². The molecule has 1 aliphatic carbocycles. The van der Waals surface area contributed by atoms with E-state index in [4.69, 9.17) is 10.2 Å². The van der Waals surface area contributed by atoms with Gasteiger partial charge in [-0.15, -0.1) is 0 Å². The van der Waals surface area contributed by atoms with E-state index in [0.29, 0.717) is 12.0 Å². The summed E-state index contributed by atoms with van der Waals surface area (Å²) in [6, 6.07) is 0. The summed E-state index contributed by atoms with van der Waals surface area (Å²) in [5.74, 6) is -1.46. The molecule has 0 aromatic rings. The Bertz CT molecular complexity index is 340. The number of allylic oxidation sites excluding steroid dienone is 1. The number of carbonyl (C=O) groups is 2.